The van der Waals surface area contributed by atoms with Crippen molar-refractivity contribution in [2.45, 2.75) is 63.5 Å². The molecular weight excluding hydrogens is 382 g/mol. The summed E-state index contributed by atoms with van der Waals surface area (Å²) >= 11 is 5.40. The molecule has 156 valence electrons. The second-order valence-electron chi connectivity index (χ2n) is 7.65. The number of hydrogen-bond donors (Lipinski definition) is 2. The maximum Gasteiger partial charge on any atom is 0.308 e. The standard InChI is InChI=1S/C19H29N3O5S/c23-16(27-12-14-7-4-10-26-14)11-15-18(25)20-8-9-22(15)19(28)21-17(24)13-5-2-1-3-6-13/h13-15H,1-12H2,(H,20,25)(H,21,24,28)/t14-,15+/m1/s1. The Kier molecular flexibility index (Phi) is 7.61. The quantitative estimate of drug-likeness (QED) is 0.512. The zero-order valence-electron chi connectivity index (χ0n) is 16.1. The van der Waals surface area contributed by atoms with E-state index in [1.54, 1.807) is 4.90 Å². The van der Waals surface area contributed by atoms with Crippen molar-refractivity contribution in [2.75, 3.05) is 26.3 Å². The predicted molar refractivity (Wildman–Crippen MR) is 105 cm³/mol. The van der Waals surface area contributed by atoms with Crippen LogP contribution >= 0.6 is 12.2 Å². The molecule has 0 bridgehead atoms. The highest BCUT2D eigenvalue weighted by molar-refractivity contribution is 7.80. The van der Waals surface area contributed by atoms with Crippen LogP contribution in [-0.4, -0.2) is 66.2 Å². The van der Waals surface area contributed by atoms with Crippen molar-refractivity contribution < 1.29 is 23.9 Å². The number of carbonyl (C=O) groups is 3. The normalized spacial score (nSPS) is 25.9. The number of esters is 1. The van der Waals surface area contributed by atoms with Crippen LogP contribution in [0.1, 0.15) is 51.4 Å². The van der Waals surface area contributed by atoms with Gasteiger partial charge in [0, 0.05) is 25.6 Å². The Bertz CT molecular complexity index is 602. The van der Waals surface area contributed by atoms with Gasteiger partial charge in [-0.2, -0.15) is 0 Å². The van der Waals surface area contributed by atoms with Gasteiger partial charge in [-0.25, -0.2) is 0 Å². The molecule has 0 aromatic rings. The molecule has 0 aromatic heterocycles. The van der Waals surface area contributed by atoms with Gasteiger partial charge in [-0.3, -0.25) is 14.4 Å². The van der Waals surface area contributed by atoms with E-state index in [0.717, 1.165) is 44.9 Å². The molecule has 3 rings (SSSR count). The molecule has 0 unspecified atom stereocenters. The van der Waals surface area contributed by atoms with Crippen LogP contribution in [0.3, 0.4) is 0 Å². The molecule has 3 fully saturated rings. The highest BCUT2D eigenvalue weighted by Crippen LogP contribution is 2.24. The number of thiocarbonyl (C=S) groups is 1. The minimum absolute atomic E-state index is 0.0276. The molecular formula is C19H29N3O5S. The third-order valence-electron chi connectivity index (χ3n) is 5.61. The summed E-state index contributed by atoms with van der Waals surface area (Å²) in [5.41, 5.74) is 0. The van der Waals surface area contributed by atoms with Gasteiger partial charge in [0.15, 0.2) is 5.11 Å². The third kappa shape index (κ3) is 5.64. The van der Waals surface area contributed by atoms with Crippen molar-refractivity contribution in [1.82, 2.24) is 15.5 Å². The van der Waals surface area contributed by atoms with Crippen molar-refractivity contribution in [3.63, 3.8) is 0 Å². The van der Waals surface area contributed by atoms with E-state index in [4.69, 9.17) is 21.7 Å². The molecule has 2 atom stereocenters. The molecule has 1 aliphatic carbocycles. The second-order valence-corrected chi connectivity index (χ2v) is 8.04. The van der Waals surface area contributed by atoms with E-state index in [1.165, 1.54) is 0 Å². The minimum Gasteiger partial charge on any atom is -0.463 e. The third-order valence-corrected chi connectivity index (χ3v) is 5.95. The van der Waals surface area contributed by atoms with E-state index in [2.05, 4.69) is 10.6 Å². The van der Waals surface area contributed by atoms with Crippen molar-refractivity contribution in [3.8, 4) is 0 Å². The van der Waals surface area contributed by atoms with E-state index in [0.29, 0.717) is 19.7 Å². The average molecular weight is 412 g/mol. The number of piperazine rings is 1. The van der Waals surface area contributed by atoms with Gasteiger partial charge in [-0.15, -0.1) is 0 Å². The first-order valence-corrected chi connectivity index (χ1v) is 10.6. The largest absolute Gasteiger partial charge is 0.463 e. The molecule has 2 heterocycles. The monoisotopic (exact) mass is 411 g/mol. The van der Waals surface area contributed by atoms with E-state index in [9.17, 15) is 14.4 Å². The summed E-state index contributed by atoms with van der Waals surface area (Å²) < 4.78 is 10.7. The summed E-state index contributed by atoms with van der Waals surface area (Å²) in [5.74, 6) is -0.867. The van der Waals surface area contributed by atoms with E-state index in [-0.39, 0.29) is 42.0 Å². The molecule has 28 heavy (non-hydrogen) atoms. The van der Waals surface area contributed by atoms with Gasteiger partial charge in [-0.1, -0.05) is 19.3 Å². The van der Waals surface area contributed by atoms with Gasteiger partial charge in [0.1, 0.15) is 12.6 Å². The predicted octanol–water partition coefficient (Wildman–Crippen LogP) is 0.881. The number of rotatable bonds is 5. The van der Waals surface area contributed by atoms with Crippen LogP contribution in [0.15, 0.2) is 0 Å². The number of nitrogens with zero attached hydrogens (tertiary/aromatic N) is 1. The van der Waals surface area contributed by atoms with E-state index < -0.39 is 12.0 Å². The smallest absolute Gasteiger partial charge is 0.308 e. The highest BCUT2D eigenvalue weighted by atomic mass is 32.1. The van der Waals surface area contributed by atoms with E-state index >= 15 is 0 Å². The Morgan fingerprint density at radius 2 is 2.00 bits per heavy atom. The fourth-order valence-corrected chi connectivity index (χ4v) is 4.30. The molecule has 2 aliphatic heterocycles. The second kappa shape index (κ2) is 10.2. The van der Waals surface area contributed by atoms with Crippen molar-refractivity contribution in [3.05, 3.63) is 0 Å². The SMILES string of the molecule is O=C(C[C@H]1C(=O)NCCN1C(=S)NC(=O)C1CCCCC1)OC[C@H]1CCCO1. The Hall–Kier alpha value is -1.74. The molecule has 2 amide bonds. The van der Waals surface area contributed by atoms with Gasteiger partial charge < -0.3 is 25.0 Å². The topological polar surface area (TPSA) is 97.0 Å². The van der Waals surface area contributed by atoms with Crippen LogP contribution < -0.4 is 10.6 Å². The number of amides is 2. The van der Waals surface area contributed by atoms with Crippen molar-refractivity contribution in [1.29, 1.82) is 0 Å². The van der Waals surface area contributed by atoms with Gasteiger partial charge in [0.05, 0.1) is 12.5 Å². The molecule has 1 saturated carbocycles. The first-order chi connectivity index (χ1) is 13.5. The molecule has 2 saturated heterocycles. The number of carbonyl (C=O) groups excluding carboxylic acids is 3. The highest BCUT2D eigenvalue weighted by Gasteiger charge is 2.35. The summed E-state index contributed by atoms with van der Waals surface area (Å²) in [7, 11) is 0. The zero-order chi connectivity index (χ0) is 19.9. The van der Waals surface area contributed by atoms with Crippen LogP contribution in [-0.2, 0) is 23.9 Å². The van der Waals surface area contributed by atoms with Gasteiger partial charge in [0.2, 0.25) is 11.8 Å². The zero-order valence-corrected chi connectivity index (χ0v) is 16.9. The molecule has 2 N–H and O–H groups in total. The van der Waals surface area contributed by atoms with Crippen molar-refractivity contribution in [2.24, 2.45) is 5.92 Å². The number of nitrogens with one attached hydrogen (secondary N) is 2. The first kappa shape index (κ1) is 21.0. The van der Waals surface area contributed by atoms with Gasteiger partial charge >= 0.3 is 5.97 Å². The molecule has 9 heteroatoms. The lowest BCUT2D eigenvalue weighted by Crippen LogP contribution is -2.60. The Balaban J connectivity index is 1.53. The lowest BCUT2D eigenvalue weighted by Gasteiger charge is -2.36. The molecule has 0 radical (unpaired) electrons. The lowest BCUT2D eigenvalue weighted by molar-refractivity contribution is -0.150. The van der Waals surface area contributed by atoms with Crippen LogP contribution in [0.5, 0.6) is 0 Å². The summed E-state index contributed by atoms with van der Waals surface area (Å²) in [6.07, 6.45) is 6.68. The summed E-state index contributed by atoms with van der Waals surface area (Å²) in [6.45, 7) is 1.75. The summed E-state index contributed by atoms with van der Waals surface area (Å²) in [6, 6.07) is -0.773. The van der Waals surface area contributed by atoms with Crippen LogP contribution in [0, 0.1) is 5.92 Å². The Labute approximate surface area is 170 Å². The first-order valence-electron chi connectivity index (χ1n) is 10.2. The molecule has 3 aliphatic rings. The Morgan fingerprint density at radius 3 is 2.71 bits per heavy atom. The van der Waals surface area contributed by atoms with Crippen LogP contribution in [0.2, 0.25) is 0 Å². The number of ether oxygens (including phenoxy) is 2. The fraction of sp³-hybridized carbons (Fsp3) is 0.789. The maximum atomic E-state index is 12.5. The van der Waals surface area contributed by atoms with Crippen molar-refractivity contribution >= 4 is 35.1 Å². The fourth-order valence-electron chi connectivity index (χ4n) is 3.98. The molecule has 0 aromatic carbocycles. The lowest BCUT2D eigenvalue weighted by atomic mass is 9.89. The van der Waals surface area contributed by atoms with Crippen LogP contribution in [0.25, 0.3) is 0 Å². The summed E-state index contributed by atoms with van der Waals surface area (Å²) in [5, 5.41) is 5.75. The maximum absolute atomic E-state index is 12.5. The number of hydrogen-bond acceptors (Lipinski definition) is 6. The average Bonchev–Trinajstić information content (AvgIpc) is 3.22. The van der Waals surface area contributed by atoms with Crippen LogP contribution in [0.4, 0.5) is 0 Å². The van der Waals surface area contributed by atoms with E-state index in [1.807, 2.05) is 0 Å². The molecule has 0 spiro atoms. The van der Waals surface area contributed by atoms with Gasteiger partial charge in [-0.05, 0) is 37.9 Å². The minimum atomic E-state index is -0.773. The summed E-state index contributed by atoms with van der Waals surface area (Å²) in [4.78, 5) is 38.7. The molecule has 8 nitrogen and oxygen atoms in total. The van der Waals surface area contributed by atoms with Gasteiger partial charge in [0.25, 0.3) is 0 Å². The Morgan fingerprint density at radius 1 is 1.21 bits per heavy atom.